The van der Waals surface area contributed by atoms with Gasteiger partial charge in [0.25, 0.3) is 0 Å². The minimum Gasteiger partial charge on any atom is -0.487 e. The molecule has 4 nitrogen and oxygen atoms in total. The molecule has 1 aromatic heterocycles. The first kappa shape index (κ1) is 16.2. The zero-order chi connectivity index (χ0) is 17.2. The molecule has 3 rings (SSSR count). The van der Waals surface area contributed by atoms with Crippen LogP contribution in [0.2, 0.25) is 0 Å². The van der Waals surface area contributed by atoms with E-state index in [9.17, 15) is 0 Å². The summed E-state index contributed by atoms with van der Waals surface area (Å²) in [6.07, 6.45) is 2.60. The quantitative estimate of drug-likeness (QED) is 0.560. The summed E-state index contributed by atoms with van der Waals surface area (Å²) in [7, 11) is 1.87. The van der Waals surface area contributed by atoms with Crippen molar-refractivity contribution in [1.82, 2.24) is 4.98 Å². The van der Waals surface area contributed by atoms with Crippen LogP contribution >= 0.6 is 0 Å². The molecule has 24 heavy (non-hydrogen) atoms. The van der Waals surface area contributed by atoms with Crippen molar-refractivity contribution in [3.63, 3.8) is 0 Å². The van der Waals surface area contributed by atoms with Gasteiger partial charge in [-0.3, -0.25) is 0 Å². The first-order valence-corrected chi connectivity index (χ1v) is 8.07. The van der Waals surface area contributed by atoms with Crippen LogP contribution in [-0.2, 0) is 6.42 Å². The normalized spacial score (nSPS) is 11.4. The number of pyridine rings is 1. The Kier molecular flexibility index (Phi) is 4.34. The van der Waals surface area contributed by atoms with E-state index in [4.69, 9.17) is 10.5 Å². The molecule has 0 saturated carbocycles. The topological polar surface area (TPSA) is 60.2 Å². The molecule has 0 aliphatic carbocycles. The zero-order valence-corrected chi connectivity index (χ0v) is 14.3. The molecule has 0 bridgehead atoms. The molecular weight excluding hydrogens is 297 g/mol. The number of nitrogen functional groups attached to an aromatic ring is 1. The van der Waals surface area contributed by atoms with Crippen molar-refractivity contribution in [1.29, 1.82) is 0 Å². The first-order chi connectivity index (χ1) is 11.5. The van der Waals surface area contributed by atoms with Crippen LogP contribution in [0.4, 0.5) is 11.5 Å². The number of nitrogens with one attached hydrogen (secondary N) is 1. The summed E-state index contributed by atoms with van der Waals surface area (Å²) in [5.74, 6) is 1.72. The molecule has 122 valence electrons. The Labute approximate surface area is 143 Å². The molecule has 0 atom stereocenters. The van der Waals surface area contributed by atoms with Gasteiger partial charge in [-0.2, -0.15) is 0 Å². The number of anilines is 2. The van der Waals surface area contributed by atoms with E-state index in [0.29, 0.717) is 0 Å². The Morgan fingerprint density at radius 3 is 2.62 bits per heavy atom. The Morgan fingerprint density at radius 1 is 1.12 bits per heavy atom. The molecule has 0 aliphatic heterocycles. The van der Waals surface area contributed by atoms with Crippen LogP contribution < -0.4 is 15.7 Å². The van der Waals surface area contributed by atoms with Gasteiger partial charge in [0.2, 0.25) is 7.98 Å². The van der Waals surface area contributed by atoms with E-state index in [2.05, 4.69) is 24.1 Å². The van der Waals surface area contributed by atoms with E-state index in [1.165, 1.54) is 5.56 Å². The molecule has 1 heterocycles. The number of hydrogen-bond donors (Lipinski definition) is 2. The summed E-state index contributed by atoms with van der Waals surface area (Å²) < 4.78 is 6.35. The van der Waals surface area contributed by atoms with Gasteiger partial charge in [-0.05, 0) is 43.7 Å². The number of fused-ring (bicyclic) bond motifs is 1. The van der Waals surface area contributed by atoms with Gasteiger partial charge in [0.15, 0.2) is 0 Å². The van der Waals surface area contributed by atoms with Crippen molar-refractivity contribution < 1.29 is 4.74 Å². The summed E-state index contributed by atoms with van der Waals surface area (Å²) in [6, 6.07) is 16.0. The summed E-state index contributed by atoms with van der Waals surface area (Å²) in [5.41, 5.74) is 7.67. The molecule has 0 radical (unpaired) electrons. The molecule has 0 aliphatic rings. The predicted molar refractivity (Wildman–Crippen MR) is 103 cm³/mol. The van der Waals surface area contributed by atoms with Crippen LogP contribution in [-0.4, -0.2) is 18.6 Å². The Morgan fingerprint density at radius 2 is 1.88 bits per heavy atom. The highest BCUT2D eigenvalue weighted by atomic mass is 16.5. The van der Waals surface area contributed by atoms with E-state index in [1.807, 2.05) is 62.7 Å². The second kappa shape index (κ2) is 6.44. The smallest absolute Gasteiger partial charge is 0.215 e. The lowest BCUT2D eigenvalue weighted by atomic mass is 9.98. The highest BCUT2D eigenvalue weighted by Gasteiger charge is 2.22. The number of hydrogen-bond acceptors (Lipinski definition) is 4. The highest BCUT2D eigenvalue weighted by molar-refractivity contribution is 6.15. The lowest BCUT2D eigenvalue weighted by Crippen LogP contribution is -2.31. The Bertz CT molecular complexity index is 864. The average Bonchev–Trinajstić information content (AvgIpc) is 2.57. The molecule has 2 aromatic carbocycles. The monoisotopic (exact) mass is 319 g/mol. The van der Waals surface area contributed by atoms with Crippen molar-refractivity contribution in [2.45, 2.75) is 25.9 Å². The fraction of sp³-hybridized carbons (Fsp3) is 0.211. The molecular formula is C19H22BN3O. The molecule has 0 spiro atoms. The Balaban J connectivity index is 1.88. The van der Waals surface area contributed by atoms with E-state index >= 15 is 0 Å². The van der Waals surface area contributed by atoms with Crippen LogP contribution in [0.15, 0.2) is 54.7 Å². The van der Waals surface area contributed by atoms with Crippen LogP contribution in [0.25, 0.3) is 10.8 Å². The van der Waals surface area contributed by atoms with Crippen LogP contribution in [0.1, 0.15) is 19.4 Å². The molecule has 3 N–H and O–H groups in total. The maximum absolute atomic E-state index is 6.35. The minimum atomic E-state index is -0.356. The van der Waals surface area contributed by atoms with E-state index in [0.717, 1.165) is 34.4 Å². The van der Waals surface area contributed by atoms with Crippen molar-refractivity contribution in [3.05, 3.63) is 60.3 Å². The number of nitrogens with zero attached hydrogens (tertiary/aromatic N) is 1. The van der Waals surface area contributed by atoms with Gasteiger partial charge in [-0.25, -0.2) is 4.98 Å². The Hall–Kier alpha value is -2.69. The standard InChI is InChI=1S/C19H22BN3O/c1-19(2,12-13-9-10-22-18(11-13)23-20)24-17-8-7-16(21)14-5-3-4-6-15(14)17/h3-11H,12,20-21H2,1-2H3,(H,22,23). The van der Waals surface area contributed by atoms with E-state index < -0.39 is 0 Å². The number of rotatable bonds is 5. The number of aromatic nitrogens is 1. The molecule has 0 unspecified atom stereocenters. The summed E-state index contributed by atoms with van der Waals surface area (Å²) in [6.45, 7) is 4.19. The third kappa shape index (κ3) is 3.45. The van der Waals surface area contributed by atoms with Crippen molar-refractivity contribution in [2.24, 2.45) is 0 Å². The lowest BCUT2D eigenvalue weighted by Gasteiger charge is -2.28. The van der Waals surface area contributed by atoms with Gasteiger partial charge < -0.3 is 15.7 Å². The minimum absolute atomic E-state index is 0.356. The molecule has 3 aromatic rings. The number of benzene rings is 2. The molecule has 5 heteroatoms. The van der Waals surface area contributed by atoms with Crippen molar-refractivity contribution in [3.8, 4) is 5.75 Å². The largest absolute Gasteiger partial charge is 0.487 e. The van der Waals surface area contributed by atoms with Crippen LogP contribution in [0.3, 0.4) is 0 Å². The molecule has 0 amide bonds. The maximum Gasteiger partial charge on any atom is 0.215 e. The second-order valence-electron chi connectivity index (χ2n) is 6.54. The number of ether oxygens (including phenoxy) is 1. The first-order valence-electron chi connectivity index (χ1n) is 8.07. The van der Waals surface area contributed by atoms with Gasteiger partial charge in [0, 0.05) is 29.1 Å². The van der Waals surface area contributed by atoms with Crippen molar-refractivity contribution >= 4 is 30.3 Å². The third-order valence-electron chi connectivity index (χ3n) is 4.01. The van der Waals surface area contributed by atoms with Crippen LogP contribution in [0, 0.1) is 0 Å². The lowest BCUT2D eigenvalue weighted by molar-refractivity contribution is 0.112. The second-order valence-corrected chi connectivity index (χ2v) is 6.54. The highest BCUT2D eigenvalue weighted by Crippen LogP contribution is 2.33. The molecule has 0 fully saturated rings. The van der Waals surface area contributed by atoms with E-state index in [-0.39, 0.29) is 5.60 Å². The maximum atomic E-state index is 6.35. The molecule has 0 saturated heterocycles. The van der Waals surface area contributed by atoms with Gasteiger partial charge in [-0.1, -0.05) is 24.3 Å². The van der Waals surface area contributed by atoms with Gasteiger partial charge in [0.05, 0.1) is 0 Å². The third-order valence-corrected chi connectivity index (χ3v) is 4.01. The summed E-state index contributed by atoms with van der Waals surface area (Å²) in [5, 5.41) is 5.13. The summed E-state index contributed by atoms with van der Waals surface area (Å²) >= 11 is 0. The van der Waals surface area contributed by atoms with Gasteiger partial charge in [0.1, 0.15) is 17.2 Å². The SMILES string of the molecule is BNc1cc(CC(C)(C)Oc2ccc(N)c3ccccc23)ccn1. The fourth-order valence-corrected chi connectivity index (χ4v) is 2.93. The number of nitrogens with two attached hydrogens (primary N) is 1. The van der Waals surface area contributed by atoms with Crippen LogP contribution in [0.5, 0.6) is 5.75 Å². The van der Waals surface area contributed by atoms with Crippen molar-refractivity contribution in [2.75, 3.05) is 11.0 Å². The average molecular weight is 319 g/mol. The summed E-state index contributed by atoms with van der Waals surface area (Å²) in [4.78, 5) is 4.26. The van der Waals surface area contributed by atoms with Gasteiger partial charge in [-0.15, -0.1) is 0 Å². The van der Waals surface area contributed by atoms with E-state index in [1.54, 1.807) is 0 Å². The predicted octanol–water partition coefficient (Wildman–Crippen LogP) is 3.18. The fourth-order valence-electron chi connectivity index (χ4n) is 2.93. The van der Waals surface area contributed by atoms with Gasteiger partial charge >= 0.3 is 0 Å². The zero-order valence-electron chi connectivity index (χ0n) is 14.3.